The van der Waals surface area contributed by atoms with Gasteiger partial charge in [0.1, 0.15) is 11.4 Å². The maximum atomic E-state index is 12.6. The first-order valence-corrected chi connectivity index (χ1v) is 9.14. The molecule has 2 amide bonds. The van der Waals surface area contributed by atoms with E-state index in [2.05, 4.69) is 5.32 Å². The summed E-state index contributed by atoms with van der Waals surface area (Å²) in [4.78, 5) is 27.0. The minimum absolute atomic E-state index is 0.00870. The van der Waals surface area contributed by atoms with Gasteiger partial charge >= 0.3 is 0 Å². The van der Waals surface area contributed by atoms with Crippen LogP contribution in [0.5, 0.6) is 0 Å². The third-order valence-corrected chi connectivity index (χ3v) is 6.25. The molecule has 0 unspecified atom stereocenters. The van der Waals surface area contributed by atoms with Crippen molar-refractivity contribution in [1.29, 1.82) is 0 Å². The van der Waals surface area contributed by atoms with Crippen molar-refractivity contribution < 1.29 is 9.59 Å². The molecule has 1 saturated heterocycles. The van der Waals surface area contributed by atoms with E-state index in [-0.39, 0.29) is 23.2 Å². The Morgan fingerprint density at radius 3 is 2.77 bits per heavy atom. The Hall–Kier alpha value is -1.49. The highest BCUT2D eigenvalue weighted by molar-refractivity contribution is 7.99. The van der Waals surface area contributed by atoms with Crippen LogP contribution in [0.2, 0.25) is 0 Å². The first-order chi connectivity index (χ1) is 10.8. The number of thioether (sulfide) groups is 1. The summed E-state index contributed by atoms with van der Waals surface area (Å²) in [7, 11) is 0. The zero-order chi connectivity index (χ0) is 15.1. The predicted molar refractivity (Wildman–Crippen MR) is 86.6 cm³/mol. The number of hydrogen-bond donors (Lipinski definition) is 1. The molecule has 1 saturated carbocycles. The van der Waals surface area contributed by atoms with Gasteiger partial charge < -0.3 is 10.2 Å². The number of amides is 2. The Kier molecular flexibility index (Phi) is 3.60. The number of nitrogens with zero attached hydrogens (tertiary/aromatic N) is 1. The second-order valence-electron chi connectivity index (χ2n) is 6.34. The molecule has 2 heterocycles. The minimum Gasteiger partial charge on any atom is -0.352 e. The van der Waals surface area contributed by atoms with Crippen LogP contribution in [0.15, 0.2) is 24.3 Å². The van der Waals surface area contributed by atoms with Gasteiger partial charge in [-0.25, -0.2) is 0 Å². The first kappa shape index (κ1) is 14.1. The lowest BCUT2D eigenvalue weighted by atomic mass is 9.95. The van der Waals surface area contributed by atoms with E-state index in [1.54, 1.807) is 16.7 Å². The molecule has 0 radical (unpaired) electrons. The van der Waals surface area contributed by atoms with Crippen molar-refractivity contribution in [3.8, 4) is 0 Å². The third-order valence-electron chi connectivity index (χ3n) is 4.95. The van der Waals surface area contributed by atoms with E-state index in [1.165, 1.54) is 19.3 Å². The molecular formula is C17H20N2O2S. The Balaban J connectivity index is 1.51. The van der Waals surface area contributed by atoms with Gasteiger partial charge in [-0.3, -0.25) is 9.59 Å². The maximum Gasteiger partial charge on any atom is 0.256 e. The van der Waals surface area contributed by atoms with E-state index in [0.29, 0.717) is 11.8 Å². The topological polar surface area (TPSA) is 49.4 Å². The van der Waals surface area contributed by atoms with Gasteiger partial charge in [-0.1, -0.05) is 37.5 Å². The van der Waals surface area contributed by atoms with Crippen LogP contribution in [0.1, 0.15) is 53.4 Å². The van der Waals surface area contributed by atoms with E-state index < -0.39 is 0 Å². The monoisotopic (exact) mass is 316 g/mol. The summed E-state index contributed by atoms with van der Waals surface area (Å²) in [5.74, 6) is 0.737. The van der Waals surface area contributed by atoms with Crippen molar-refractivity contribution in [2.75, 3.05) is 5.75 Å². The molecule has 5 heteroatoms. The smallest absolute Gasteiger partial charge is 0.256 e. The van der Waals surface area contributed by atoms with Crippen molar-refractivity contribution in [2.45, 2.75) is 49.6 Å². The van der Waals surface area contributed by atoms with Crippen LogP contribution in [0.3, 0.4) is 0 Å². The number of fused-ring (bicyclic) bond motifs is 3. The predicted octanol–water partition coefficient (Wildman–Crippen LogP) is 2.71. The summed E-state index contributed by atoms with van der Waals surface area (Å²) < 4.78 is 0. The van der Waals surface area contributed by atoms with Gasteiger partial charge in [0.25, 0.3) is 5.91 Å². The molecule has 2 atom stereocenters. The highest BCUT2D eigenvalue weighted by Crippen LogP contribution is 2.48. The maximum absolute atomic E-state index is 12.6. The van der Waals surface area contributed by atoms with Gasteiger partial charge in [0.15, 0.2) is 0 Å². The molecule has 4 rings (SSSR count). The quantitative estimate of drug-likeness (QED) is 0.912. The van der Waals surface area contributed by atoms with Crippen LogP contribution in [-0.2, 0) is 4.79 Å². The molecule has 0 aromatic heterocycles. The fourth-order valence-corrected chi connectivity index (χ4v) is 5.25. The number of hydrogen-bond acceptors (Lipinski definition) is 3. The Labute approximate surface area is 134 Å². The lowest BCUT2D eigenvalue weighted by Crippen LogP contribution is -2.49. The molecule has 2 aliphatic heterocycles. The third kappa shape index (κ3) is 2.22. The fourth-order valence-electron chi connectivity index (χ4n) is 3.79. The van der Waals surface area contributed by atoms with Crippen LogP contribution < -0.4 is 5.32 Å². The minimum atomic E-state index is -0.322. The lowest BCUT2D eigenvalue weighted by molar-refractivity contribution is -0.125. The summed E-state index contributed by atoms with van der Waals surface area (Å²) in [6.07, 6.45) is 5.81. The van der Waals surface area contributed by atoms with Crippen molar-refractivity contribution >= 4 is 23.6 Å². The lowest BCUT2D eigenvalue weighted by Gasteiger charge is -2.27. The Morgan fingerprint density at radius 1 is 1.18 bits per heavy atom. The van der Waals surface area contributed by atoms with Crippen molar-refractivity contribution in [3.05, 3.63) is 35.4 Å². The molecule has 22 heavy (non-hydrogen) atoms. The van der Waals surface area contributed by atoms with Crippen LogP contribution >= 0.6 is 11.8 Å². The molecule has 4 nitrogen and oxygen atoms in total. The van der Waals surface area contributed by atoms with E-state index in [9.17, 15) is 9.59 Å². The average Bonchev–Trinajstić information content (AvgIpc) is 3.10. The summed E-state index contributed by atoms with van der Waals surface area (Å²) in [5.41, 5.74) is 1.82. The summed E-state index contributed by atoms with van der Waals surface area (Å²) in [6.45, 7) is 0. The molecule has 1 aliphatic carbocycles. The Morgan fingerprint density at radius 2 is 1.95 bits per heavy atom. The molecule has 116 valence electrons. The van der Waals surface area contributed by atoms with Crippen molar-refractivity contribution in [3.63, 3.8) is 0 Å². The average molecular weight is 316 g/mol. The van der Waals surface area contributed by atoms with Gasteiger partial charge in [-0.2, -0.15) is 0 Å². The summed E-state index contributed by atoms with van der Waals surface area (Å²) in [6, 6.07) is 7.70. The van der Waals surface area contributed by atoms with E-state index in [0.717, 1.165) is 24.0 Å². The number of carbonyl (C=O) groups excluding carboxylic acids is 2. The zero-order valence-electron chi connectivity index (χ0n) is 12.5. The number of nitrogens with one attached hydrogen (secondary N) is 1. The molecule has 0 spiro atoms. The first-order valence-electron chi connectivity index (χ1n) is 8.09. The van der Waals surface area contributed by atoms with Gasteiger partial charge in [-0.05, 0) is 24.5 Å². The Bertz CT molecular complexity index is 612. The highest BCUT2D eigenvalue weighted by Gasteiger charge is 2.48. The molecule has 0 bridgehead atoms. The second kappa shape index (κ2) is 5.61. The van der Waals surface area contributed by atoms with E-state index in [4.69, 9.17) is 0 Å². The fraction of sp³-hybridized carbons (Fsp3) is 0.529. The number of carbonyl (C=O) groups is 2. The number of rotatable bonds is 2. The molecule has 1 aromatic rings. The van der Waals surface area contributed by atoms with Crippen LogP contribution in [0.4, 0.5) is 0 Å². The molecular weight excluding hydrogens is 296 g/mol. The van der Waals surface area contributed by atoms with Crippen LogP contribution in [-0.4, -0.2) is 34.6 Å². The van der Waals surface area contributed by atoms with Gasteiger partial charge in [0.05, 0.1) is 0 Å². The highest BCUT2D eigenvalue weighted by atomic mass is 32.2. The molecule has 1 aromatic carbocycles. The second-order valence-corrected chi connectivity index (χ2v) is 7.46. The van der Waals surface area contributed by atoms with Crippen molar-refractivity contribution in [1.82, 2.24) is 10.2 Å². The van der Waals surface area contributed by atoms with Crippen molar-refractivity contribution in [2.24, 2.45) is 0 Å². The molecule has 1 N–H and O–H groups in total. The van der Waals surface area contributed by atoms with Gasteiger partial charge in [0.2, 0.25) is 5.91 Å². The SMILES string of the molecule is O=C(NC1CCCCC1)[C@@H]1CS[C@@H]2c3ccccc3C(=O)N21. The largest absolute Gasteiger partial charge is 0.352 e. The van der Waals surface area contributed by atoms with Gasteiger partial charge in [0, 0.05) is 17.4 Å². The van der Waals surface area contributed by atoms with Crippen LogP contribution in [0, 0.1) is 0 Å². The normalized spacial score (nSPS) is 27.6. The summed E-state index contributed by atoms with van der Waals surface area (Å²) >= 11 is 1.70. The standard InChI is InChI=1S/C17H20N2O2S/c20-15(18-11-6-2-1-3-7-11)14-10-22-17-13-9-5-4-8-12(13)16(21)19(14)17/h4-5,8-9,11,14,17H,1-3,6-7,10H2,(H,18,20)/t14-,17+/m0/s1. The van der Waals surface area contributed by atoms with Gasteiger partial charge in [-0.15, -0.1) is 11.8 Å². The molecule has 2 fully saturated rings. The molecule has 3 aliphatic rings. The zero-order valence-corrected chi connectivity index (χ0v) is 13.3. The number of benzene rings is 1. The van der Waals surface area contributed by atoms with E-state index in [1.807, 2.05) is 24.3 Å². The van der Waals surface area contributed by atoms with Crippen LogP contribution in [0.25, 0.3) is 0 Å². The summed E-state index contributed by atoms with van der Waals surface area (Å²) in [5, 5.41) is 3.19. The van der Waals surface area contributed by atoms with E-state index >= 15 is 0 Å².